The average Bonchev–Trinajstić information content (AvgIpc) is 2.98. The predicted octanol–water partition coefficient (Wildman–Crippen LogP) is 3.05. The molecule has 0 aromatic heterocycles. The van der Waals surface area contributed by atoms with E-state index < -0.39 is 23.4 Å². The molecule has 178 valence electrons. The Hall–Kier alpha value is -2.42. The molecule has 0 aliphatic carbocycles. The molecular weight excluding hydrogens is 440 g/mol. The van der Waals surface area contributed by atoms with Crippen LogP contribution in [0.2, 0.25) is 0 Å². The van der Waals surface area contributed by atoms with E-state index in [4.69, 9.17) is 14.2 Å². The Morgan fingerprint density at radius 2 is 1.91 bits per heavy atom. The first kappa shape index (κ1) is 23.7. The molecule has 1 N–H and O–H groups in total. The highest BCUT2D eigenvalue weighted by Crippen LogP contribution is 2.40. The summed E-state index contributed by atoms with van der Waals surface area (Å²) in [5, 5.41) is 9.94. The molecule has 2 aliphatic rings. The molecular formula is C25H32N2O5S. The summed E-state index contributed by atoms with van der Waals surface area (Å²) < 4.78 is 16.7. The van der Waals surface area contributed by atoms with Crippen molar-refractivity contribution < 1.29 is 24.1 Å². The minimum Gasteiger partial charge on any atom is -0.497 e. The van der Waals surface area contributed by atoms with Crippen molar-refractivity contribution in [1.29, 1.82) is 0 Å². The summed E-state index contributed by atoms with van der Waals surface area (Å²) in [5.41, 5.74) is 1.27. The second kappa shape index (κ2) is 11.1. The van der Waals surface area contributed by atoms with E-state index in [0.717, 1.165) is 44.0 Å². The van der Waals surface area contributed by atoms with Gasteiger partial charge in [-0.2, -0.15) is 0 Å². The molecule has 1 fully saturated rings. The first-order chi connectivity index (χ1) is 16.0. The Morgan fingerprint density at radius 3 is 2.64 bits per heavy atom. The molecule has 0 radical (unpaired) electrons. The molecule has 2 aromatic carbocycles. The molecule has 8 heteroatoms. The van der Waals surface area contributed by atoms with E-state index in [1.807, 2.05) is 18.2 Å². The summed E-state index contributed by atoms with van der Waals surface area (Å²) in [4.78, 5) is 18.4. The standard InChI is InChI=1S/C25H32N2O5S/c1-18-23(28)24(33-22-10-9-20(30-2)17-21(22)32-18)25(29)31-16-6-11-26-12-14-27(15-13-26)19-7-4-3-5-8-19/h3-5,7-10,17-18,23-24,28H,6,11-16H2,1-2H3/t18?,23-,24+/m0/s1. The molecule has 33 heavy (non-hydrogen) atoms. The number of fused-ring (bicyclic) bond motifs is 1. The second-order valence-corrected chi connectivity index (χ2v) is 9.53. The van der Waals surface area contributed by atoms with E-state index in [9.17, 15) is 9.90 Å². The third-order valence-corrected chi connectivity index (χ3v) is 7.41. The highest BCUT2D eigenvalue weighted by atomic mass is 32.2. The zero-order valence-electron chi connectivity index (χ0n) is 19.2. The lowest BCUT2D eigenvalue weighted by Crippen LogP contribution is -2.46. The fourth-order valence-electron chi connectivity index (χ4n) is 4.13. The Kier molecular flexibility index (Phi) is 8.01. The highest BCUT2D eigenvalue weighted by molar-refractivity contribution is 8.00. The van der Waals surface area contributed by atoms with Crippen molar-refractivity contribution in [3.05, 3.63) is 48.5 Å². The monoisotopic (exact) mass is 472 g/mol. The summed E-state index contributed by atoms with van der Waals surface area (Å²) in [5.74, 6) is 0.873. The van der Waals surface area contributed by atoms with Crippen LogP contribution in [0.25, 0.3) is 0 Å². The Bertz CT molecular complexity index is 920. The van der Waals surface area contributed by atoms with Crippen molar-refractivity contribution in [2.45, 2.75) is 35.7 Å². The van der Waals surface area contributed by atoms with Gasteiger partial charge in [0.1, 0.15) is 29.0 Å². The minimum atomic E-state index is -0.966. The first-order valence-electron chi connectivity index (χ1n) is 11.4. The smallest absolute Gasteiger partial charge is 0.322 e. The second-order valence-electron chi connectivity index (χ2n) is 8.35. The van der Waals surface area contributed by atoms with Gasteiger partial charge in [0.2, 0.25) is 0 Å². The first-order valence-corrected chi connectivity index (χ1v) is 12.3. The van der Waals surface area contributed by atoms with Crippen LogP contribution in [0.3, 0.4) is 0 Å². The molecule has 0 bridgehead atoms. The fourth-order valence-corrected chi connectivity index (χ4v) is 5.29. The molecule has 2 aromatic rings. The summed E-state index contributed by atoms with van der Waals surface area (Å²) in [7, 11) is 1.59. The largest absolute Gasteiger partial charge is 0.497 e. The van der Waals surface area contributed by atoms with E-state index >= 15 is 0 Å². The van der Waals surface area contributed by atoms with E-state index in [1.54, 1.807) is 20.1 Å². The van der Waals surface area contributed by atoms with Gasteiger partial charge in [0.05, 0.1) is 18.6 Å². The van der Waals surface area contributed by atoms with Crippen LogP contribution >= 0.6 is 11.8 Å². The van der Waals surface area contributed by atoms with Gasteiger partial charge in [-0.15, -0.1) is 11.8 Å². The van der Waals surface area contributed by atoms with Gasteiger partial charge >= 0.3 is 5.97 Å². The van der Waals surface area contributed by atoms with Gasteiger partial charge in [-0.3, -0.25) is 9.69 Å². The van der Waals surface area contributed by atoms with Crippen LogP contribution in [0, 0.1) is 0 Å². The lowest BCUT2D eigenvalue weighted by Gasteiger charge is -2.36. The number of piperazine rings is 1. The van der Waals surface area contributed by atoms with Crippen molar-refractivity contribution in [1.82, 2.24) is 4.90 Å². The van der Waals surface area contributed by atoms with Crippen LogP contribution in [0.15, 0.2) is 53.4 Å². The maximum atomic E-state index is 12.8. The topological polar surface area (TPSA) is 71.5 Å². The van der Waals surface area contributed by atoms with Gasteiger partial charge in [-0.25, -0.2) is 0 Å². The minimum absolute atomic E-state index is 0.340. The maximum absolute atomic E-state index is 12.8. The number of thioether (sulfide) groups is 1. The fraction of sp³-hybridized carbons (Fsp3) is 0.480. The number of hydrogen-bond acceptors (Lipinski definition) is 8. The number of nitrogens with zero attached hydrogens (tertiary/aromatic N) is 2. The van der Waals surface area contributed by atoms with Crippen LogP contribution in [0.1, 0.15) is 13.3 Å². The molecule has 3 atom stereocenters. The number of benzene rings is 2. The molecule has 1 saturated heterocycles. The van der Waals surface area contributed by atoms with E-state index in [1.165, 1.54) is 17.4 Å². The average molecular weight is 473 g/mol. The summed E-state index contributed by atoms with van der Waals surface area (Å²) in [6.45, 7) is 6.97. The van der Waals surface area contributed by atoms with Gasteiger partial charge in [0.25, 0.3) is 0 Å². The Morgan fingerprint density at radius 1 is 1.15 bits per heavy atom. The SMILES string of the molecule is COc1ccc2c(c1)OC(C)[C@H](O)[C@H](C(=O)OCCCN1CCN(c3ccccc3)CC1)S2. The van der Waals surface area contributed by atoms with Gasteiger partial charge in [0, 0.05) is 44.5 Å². The van der Waals surface area contributed by atoms with E-state index in [-0.39, 0.29) is 0 Å². The molecule has 7 nitrogen and oxygen atoms in total. The zero-order valence-corrected chi connectivity index (χ0v) is 20.0. The number of carbonyl (C=O) groups excluding carboxylic acids is 1. The lowest BCUT2D eigenvalue weighted by atomic mass is 10.1. The zero-order chi connectivity index (χ0) is 23.2. The van der Waals surface area contributed by atoms with Gasteiger partial charge in [0.15, 0.2) is 0 Å². The number of rotatable bonds is 7. The van der Waals surface area contributed by atoms with Gasteiger partial charge in [-0.1, -0.05) is 18.2 Å². The molecule has 2 aliphatic heterocycles. The number of carbonyl (C=O) groups is 1. The summed E-state index contributed by atoms with van der Waals surface area (Å²) >= 11 is 1.28. The van der Waals surface area contributed by atoms with Gasteiger partial charge in [-0.05, 0) is 37.6 Å². The van der Waals surface area contributed by atoms with Gasteiger partial charge < -0.3 is 24.2 Å². The van der Waals surface area contributed by atoms with E-state index in [2.05, 4.69) is 34.1 Å². The lowest BCUT2D eigenvalue weighted by molar-refractivity contribution is -0.146. The van der Waals surface area contributed by atoms with Crippen molar-refractivity contribution in [3.8, 4) is 11.5 Å². The number of anilines is 1. The number of aliphatic hydroxyl groups is 1. The van der Waals surface area contributed by atoms with Crippen molar-refractivity contribution in [3.63, 3.8) is 0 Å². The normalized spacial score (nSPS) is 23.2. The number of hydrogen-bond donors (Lipinski definition) is 1. The van der Waals surface area contributed by atoms with Crippen LogP contribution in [-0.2, 0) is 9.53 Å². The van der Waals surface area contributed by atoms with Crippen LogP contribution in [-0.4, -0.2) is 79.9 Å². The van der Waals surface area contributed by atoms with Crippen LogP contribution in [0.4, 0.5) is 5.69 Å². The van der Waals surface area contributed by atoms with Crippen molar-refractivity contribution >= 4 is 23.4 Å². The quantitative estimate of drug-likeness (QED) is 0.487. The Balaban J connectivity index is 1.23. The third-order valence-electron chi connectivity index (χ3n) is 6.10. The van der Waals surface area contributed by atoms with Crippen LogP contribution < -0.4 is 14.4 Å². The van der Waals surface area contributed by atoms with E-state index in [0.29, 0.717) is 18.1 Å². The molecule has 2 heterocycles. The van der Waals surface area contributed by atoms with Crippen LogP contribution in [0.5, 0.6) is 11.5 Å². The molecule has 0 spiro atoms. The third kappa shape index (κ3) is 5.93. The number of ether oxygens (including phenoxy) is 3. The molecule has 0 saturated carbocycles. The predicted molar refractivity (Wildman–Crippen MR) is 129 cm³/mol. The molecule has 1 unspecified atom stereocenters. The summed E-state index contributed by atoms with van der Waals surface area (Å²) in [6, 6.07) is 15.9. The maximum Gasteiger partial charge on any atom is 0.322 e. The Labute approximate surface area is 199 Å². The number of aliphatic hydroxyl groups excluding tert-OH is 1. The van der Waals surface area contributed by atoms with Crippen molar-refractivity contribution in [2.75, 3.05) is 51.3 Å². The number of methoxy groups -OCH3 is 1. The summed E-state index contributed by atoms with van der Waals surface area (Å²) in [6.07, 6.45) is -0.735. The molecule has 0 amide bonds. The number of esters is 1. The number of para-hydroxylation sites is 1. The highest BCUT2D eigenvalue weighted by Gasteiger charge is 2.38. The van der Waals surface area contributed by atoms with Crippen molar-refractivity contribution in [2.24, 2.45) is 0 Å². The molecule has 4 rings (SSSR count).